The lowest BCUT2D eigenvalue weighted by atomic mass is 10.0. The van der Waals surface area contributed by atoms with Gasteiger partial charge in [-0.05, 0) is 70.6 Å². The van der Waals surface area contributed by atoms with Crippen LogP contribution >= 0.6 is 7.82 Å². The number of ether oxygens (including phenoxy) is 2. The van der Waals surface area contributed by atoms with Crippen molar-refractivity contribution < 1.29 is 42.1 Å². The third-order valence-corrected chi connectivity index (χ3v) is 12.1. The van der Waals surface area contributed by atoms with Gasteiger partial charge in [-0.15, -0.1) is 0 Å². The minimum Gasteiger partial charge on any atom is -0.462 e. The molecule has 0 rings (SSSR count). The van der Waals surface area contributed by atoms with Crippen molar-refractivity contribution in [2.45, 2.75) is 238 Å². The third-order valence-electron chi connectivity index (χ3n) is 11.1. The Kier molecular flexibility index (Phi) is 43.2. The average Bonchev–Trinajstić information content (AvgIpc) is 3.23. The molecule has 0 saturated carbocycles. The molecule has 0 radical (unpaired) electrons. The molecule has 0 aromatic carbocycles. The van der Waals surface area contributed by atoms with Crippen molar-refractivity contribution >= 4 is 19.8 Å². The first-order valence-electron chi connectivity index (χ1n) is 25.7. The molecule has 0 aliphatic heterocycles. The molecule has 2 unspecified atom stereocenters. The lowest BCUT2D eigenvalue weighted by Gasteiger charge is -2.24. The lowest BCUT2D eigenvalue weighted by molar-refractivity contribution is -0.870. The summed E-state index contributed by atoms with van der Waals surface area (Å²) in [5.41, 5.74) is 0. The number of likely N-dealkylation sites (N-methyl/N-ethyl adjacent to an activating group) is 1. The first kappa shape index (κ1) is 60.2. The summed E-state index contributed by atoms with van der Waals surface area (Å²) in [5, 5.41) is 0. The summed E-state index contributed by atoms with van der Waals surface area (Å²) in [6.07, 6.45) is 52.0. The molecule has 62 heavy (non-hydrogen) atoms. The quantitative estimate of drug-likeness (QED) is 0.0212. The topological polar surface area (TPSA) is 108 Å². The number of quaternary nitrogens is 1. The van der Waals surface area contributed by atoms with Crippen molar-refractivity contribution in [3.8, 4) is 0 Å². The van der Waals surface area contributed by atoms with Gasteiger partial charge in [0.2, 0.25) is 0 Å². The average molecular weight is 897 g/mol. The number of carbonyl (C=O) groups is 2. The van der Waals surface area contributed by atoms with E-state index >= 15 is 0 Å². The second-order valence-corrected chi connectivity index (χ2v) is 20.0. The van der Waals surface area contributed by atoms with Crippen LogP contribution in [0.1, 0.15) is 232 Å². The highest BCUT2D eigenvalue weighted by molar-refractivity contribution is 7.47. The van der Waals surface area contributed by atoms with Gasteiger partial charge < -0.3 is 18.9 Å². The van der Waals surface area contributed by atoms with Crippen LogP contribution in [0.5, 0.6) is 0 Å². The van der Waals surface area contributed by atoms with E-state index in [2.05, 4.69) is 50.3 Å². The van der Waals surface area contributed by atoms with E-state index in [4.69, 9.17) is 18.5 Å². The molecule has 0 aliphatic rings. The number of unbranched alkanes of at least 4 members (excludes halogenated alkanes) is 27. The van der Waals surface area contributed by atoms with Crippen molar-refractivity contribution in [2.75, 3.05) is 47.5 Å². The van der Waals surface area contributed by atoms with Gasteiger partial charge in [-0.1, -0.05) is 185 Å². The molecule has 2 atom stereocenters. The predicted molar refractivity (Wildman–Crippen MR) is 261 cm³/mol. The van der Waals surface area contributed by atoms with E-state index in [0.29, 0.717) is 17.4 Å². The van der Waals surface area contributed by atoms with E-state index in [0.717, 1.165) is 57.8 Å². The van der Waals surface area contributed by atoms with E-state index in [9.17, 15) is 19.0 Å². The molecule has 0 aromatic rings. The number of phosphoric ester groups is 1. The van der Waals surface area contributed by atoms with E-state index < -0.39 is 26.5 Å². The zero-order valence-corrected chi connectivity index (χ0v) is 42.0. The molecular formula is C52H99NO8P+. The maximum Gasteiger partial charge on any atom is 0.472 e. The normalized spacial score (nSPS) is 13.7. The summed E-state index contributed by atoms with van der Waals surface area (Å²) in [5.74, 6) is -0.803. The molecule has 0 heterocycles. The second-order valence-electron chi connectivity index (χ2n) is 18.5. The second kappa shape index (κ2) is 44.4. The van der Waals surface area contributed by atoms with Crippen molar-refractivity contribution in [3.63, 3.8) is 0 Å². The van der Waals surface area contributed by atoms with Crippen molar-refractivity contribution in [1.29, 1.82) is 0 Å². The zero-order chi connectivity index (χ0) is 45.7. The van der Waals surface area contributed by atoms with Gasteiger partial charge in [-0.25, -0.2) is 4.57 Å². The molecule has 364 valence electrons. The Morgan fingerprint density at radius 3 is 1.31 bits per heavy atom. The Bertz CT molecular complexity index is 1150. The van der Waals surface area contributed by atoms with Crippen LogP contribution in [0.4, 0.5) is 0 Å². The van der Waals surface area contributed by atoms with Gasteiger partial charge in [0.15, 0.2) is 6.10 Å². The van der Waals surface area contributed by atoms with Gasteiger partial charge in [0, 0.05) is 12.8 Å². The zero-order valence-electron chi connectivity index (χ0n) is 41.1. The molecule has 10 heteroatoms. The predicted octanol–water partition coefficient (Wildman–Crippen LogP) is 15.3. The molecule has 1 N–H and O–H groups in total. The Morgan fingerprint density at radius 1 is 0.500 bits per heavy atom. The van der Waals surface area contributed by atoms with Crippen LogP contribution in [0.2, 0.25) is 0 Å². The number of allylic oxidation sites excluding steroid dienone is 6. The maximum atomic E-state index is 12.8. The number of esters is 2. The van der Waals surface area contributed by atoms with E-state index in [-0.39, 0.29) is 32.0 Å². The molecule has 0 fully saturated rings. The Morgan fingerprint density at radius 2 is 0.871 bits per heavy atom. The number of rotatable bonds is 47. The number of hydrogen-bond acceptors (Lipinski definition) is 7. The van der Waals surface area contributed by atoms with Crippen LogP contribution in [0.3, 0.4) is 0 Å². The SMILES string of the molecule is CCCCCC/C=C\CCCCCCCC(=O)OCC(COP(=O)(O)OCC[N+](C)(C)C)OC(=O)CCCCCCCCCCCCCCC/C=C\C/C=C\CCCCCCC. The molecule has 0 aliphatic carbocycles. The van der Waals surface area contributed by atoms with Gasteiger partial charge in [0.05, 0.1) is 27.7 Å². The van der Waals surface area contributed by atoms with E-state index in [1.165, 1.54) is 141 Å². The summed E-state index contributed by atoms with van der Waals surface area (Å²) >= 11 is 0. The van der Waals surface area contributed by atoms with Crippen LogP contribution in [0.25, 0.3) is 0 Å². The molecular weight excluding hydrogens is 798 g/mol. The fraction of sp³-hybridized carbons (Fsp3) is 0.846. The highest BCUT2D eigenvalue weighted by Gasteiger charge is 2.27. The lowest BCUT2D eigenvalue weighted by Crippen LogP contribution is -2.37. The van der Waals surface area contributed by atoms with Crippen molar-refractivity contribution in [1.82, 2.24) is 0 Å². The Hall–Kier alpha value is -1.77. The number of phosphoric acid groups is 1. The van der Waals surface area contributed by atoms with Crippen LogP contribution in [0.15, 0.2) is 36.5 Å². The fourth-order valence-electron chi connectivity index (χ4n) is 7.10. The highest BCUT2D eigenvalue weighted by Crippen LogP contribution is 2.43. The fourth-order valence-corrected chi connectivity index (χ4v) is 7.84. The van der Waals surface area contributed by atoms with Crippen molar-refractivity contribution in [3.05, 3.63) is 36.5 Å². The monoisotopic (exact) mass is 897 g/mol. The maximum absolute atomic E-state index is 12.8. The molecule has 9 nitrogen and oxygen atoms in total. The molecule has 0 bridgehead atoms. The first-order chi connectivity index (χ1) is 30.0. The van der Waals surface area contributed by atoms with E-state index in [1.807, 2.05) is 21.1 Å². The summed E-state index contributed by atoms with van der Waals surface area (Å²) < 4.78 is 34.4. The van der Waals surface area contributed by atoms with Gasteiger partial charge in [-0.3, -0.25) is 18.6 Å². The first-order valence-corrected chi connectivity index (χ1v) is 27.2. The number of hydrogen-bond donors (Lipinski definition) is 1. The molecule has 0 aromatic heterocycles. The van der Waals surface area contributed by atoms with Crippen molar-refractivity contribution in [2.24, 2.45) is 0 Å². The molecule has 0 amide bonds. The largest absolute Gasteiger partial charge is 0.472 e. The summed E-state index contributed by atoms with van der Waals surface area (Å²) in [6.45, 7) is 4.41. The van der Waals surface area contributed by atoms with Crippen LogP contribution in [-0.2, 0) is 32.7 Å². The van der Waals surface area contributed by atoms with Crippen LogP contribution < -0.4 is 0 Å². The standard InChI is InChI=1S/C52H98NO8P/c1-6-8-10-12-14-16-18-20-21-22-23-24-25-26-27-28-29-30-31-33-35-37-39-41-43-45-52(55)61-50(49-60-62(56,57)59-47-46-53(3,4)5)48-58-51(54)44-42-40-38-36-34-32-19-17-15-13-11-9-7-2/h17-20,22-23,50H,6-16,21,24-49H2,1-5H3/p+1/b19-17-,20-18-,23-22-. The summed E-state index contributed by atoms with van der Waals surface area (Å²) in [4.78, 5) is 35.5. The van der Waals surface area contributed by atoms with E-state index in [1.54, 1.807) is 0 Å². The highest BCUT2D eigenvalue weighted by atomic mass is 31.2. The molecule has 0 spiro atoms. The Labute approximate surface area is 382 Å². The summed E-state index contributed by atoms with van der Waals surface area (Å²) in [6, 6.07) is 0. The van der Waals surface area contributed by atoms with Gasteiger partial charge >= 0.3 is 19.8 Å². The van der Waals surface area contributed by atoms with Gasteiger partial charge in [0.1, 0.15) is 19.8 Å². The Balaban J connectivity index is 4.18. The van der Waals surface area contributed by atoms with Crippen LogP contribution in [-0.4, -0.2) is 74.9 Å². The molecule has 0 saturated heterocycles. The number of carbonyl (C=O) groups excluding carboxylic acids is 2. The minimum atomic E-state index is -4.38. The summed E-state index contributed by atoms with van der Waals surface area (Å²) in [7, 11) is 1.48. The third kappa shape index (κ3) is 47.7. The van der Waals surface area contributed by atoms with Gasteiger partial charge in [0.25, 0.3) is 0 Å². The smallest absolute Gasteiger partial charge is 0.462 e. The van der Waals surface area contributed by atoms with Crippen LogP contribution in [0, 0.1) is 0 Å². The minimum absolute atomic E-state index is 0.0309. The number of nitrogens with zero attached hydrogens (tertiary/aromatic N) is 1. The van der Waals surface area contributed by atoms with Gasteiger partial charge in [-0.2, -0.15) is 0 Å².